The van der Waals surface area contributed by atoms with Crippen LogP contribution < -0.4 is 0 Å². The van der Waals surface area contributed by atoms with Crippen molar-refractivity contribution in [3.05, 3.63) is 24.8 Å². The van der Waals surface area contributed by atoms with Crippen LogP contribution >= 0.6 is 0 Å². The Morgan fingerprint density at radius 3 is 2.04 bits per heavy atom. The highest BCUT2D eigenvalue weighted by Crippen LogP contribution is 2.38. The summed E-state index contributed by atoms with van der Waals surface area (Å²) in [6.45, 7) is 23.3. The standard InChI is InChI=1S/C20H38O2Si/c1-11-12-18(22-23(9,10)20(6,7)8)19(21)17(5)14-13-16(4)15(2)3/h11,13-18H,1,12H2,2-10H3/b14-13-/t16-,17-,18+/m1/s1. The van der Waals surface area contributed by atoms with Gasteiger partial charge in [0.25, 0.3) is 0 Å². The number of carbonyl (C=O) groups excluding carboxylic acids is 1. The number of rotatable bonds is 9. The van der Waals surface area contributed by atoms with Gasteiger partial charge in [0, 0.05) is 5.92 Å². The summed E-state index contributed by atoms with van der Waals surface area (Å²) in [4.78, 5) is 12.8. The molecule has 0 spiro atoms. The number of allylic oxidation sites excluding steroid dienone is 2. The Morgan fingerprint density at radius 1 is 1.13 bits per heavy atom. The SMILES string of the molecule is C=CC[C@H](O[Si](C)(C)C(C)(C)C)C(=O)[C@H](C)/C=C\[C@@H](C)C(C)C. The Hall–Kier alpha value is -0.673. The van der Waals surface area contributed by atoms with Crippen LogP contribution in [-0.2, 0) is 9.22 Å². The third-order valence-electron chi connectivity index (χ3n) is 5.14. The van der Waals surface area contributed by atoms with Gasteiger partial charge in [-0.2, -0.15) is 0 Å². The summed E-state index contributed by atoms with van der Waals surface area (Å²) >= 11 is 0. The van der Waals surface area contributed by atoms with Gasteiger partial charge in [0.1, 0.15) is 6.10 Å². The van der Waals surface area contributed by atoms with Crippen molar-refractivity contribution in [1.29, 1.82) is 0 Å². The van der Waals surface area contributed by atoms with E-state index in [9.17, 15) is 4.79 Å². The first-order valence-corrected chi connectivity index (χ1v) is 11.7. The van der Waals surface area contributed by atoms with E-state index in [4.69, 9.17) is 4.43 Å². The van der Waals surface area contributed by atoms with Crippen LogP contribution in [0.15, 0.2) is 24.8 Å². The molecule has 0 heterocycles. The predicted molar refractivity (Wildman–Crippen MR) is 104 cm³/mol. The lowest BCUT2D eigenvalue weighted by molar-refractivity contribution is -0.128. The molecule has 0 bridgehead atoms. The van der Waals surface area contributed by atoms with Crippen LogP contribution in [0.4, 0.5) is 0 Å². The largest absolute Gasteiger partial charge is 0.407 e. The lowest BCUT2D eigenvalue weighted by Crippen LogP contribution is -2.46. The quantitative estimate of drug-likeness (QED) is 0.380. The highest BCUT2D eigenvalue weighted by Gasteiger charge is 2.40. The molecule has 0 aliphatic rings. The van der Waals surface area contributed by atoms with Gasteiger partial charge in [-0.3, -0.25) is 4.79 Å². The number of Topliss-reactive ketones (excluding diaryl/α,β-unsaturated/α-hetero) is 1. The van der Waals surface area contributed by atoms with E-state index in [1.807, 2.05) is 13.0 Å². The Kier molecular flexibility index (Phi) is 8.72. The summed E-state index contributed by atoms with van der Waals surface area (Å²) < 4.78 is 6.36. The van der Waals surface area contributed by atoms with Gasteiger partial charge in [-0.25, -0.2) is 0 Å². The van der Waals surface area contributed by atoms with Crippen LogP contribution in [0.2, 0.25) is 18.1 Å². The van der Waals surface area contributed by atoms with E-state index < -0.39 is 8.32 Å². The molecule has 0 unspecified atom stereocenters. The third kappa shape index (κ3) is 7.17. The molecule has 0 saturated heterocycles. The van der Waals surface area contributed by atoms with Crippen molar-refractivity contribution < 1.29 is 9.22 Å². The molecule has 0 N–H and O–H groups in total. The maximum absolute atomic E-state index is 12.8. The fourth-order valence-electron chi connectivity index (χ4n) is 1.86. The summed E-state index contributed by atoms with van der Waals surface area (Å²) in [5, 5.41) is 0.0952. The van der Waals surface area contributed by atoms with Crippen LogP contribution in [0.5, 0.6) is 0 Å². The minimum Gasteiger partial charge on any atom is -0.407 e. The van der Waals surface area contributed by atoms with Crippen molar-refractivity contribution in [3.63, 3.8) is 0 Å². The van der Waals surface area contributed by atoms with E-state index >= 15 is 0 Å². The minimum atomic E-state index is -1.97. The normalized spacial score (nSPS) is 17.3. The summed E-state index contributed by atoms with van der Waals surface area (Å²) in [5.41, 5.74) is 0. The fraction of sp³-hybridized carbons (Fsp3) is 0.750. The molecule has 0 aliphatic carbocycles. The second kappa shape index (κ2) is 8.98. The van der Waals surface area contributed by atoms with Crippen LogP contribution in [-0.4, -0.2) is 20.2 Å². The molecule has 0 aliphatic heterocycles. The van der Waals surface area contributed by atoms with Gasteiger partial charge in [0.15, 0.2) is 14.1 Å². The van der Waals surface area contributed by atoms with E-state index in [1.54, 1.807) is 6.08 Å². The Labute approximate surface area is 145 Å². The lowest BCUT2D eigenvalue weighted by Gasteiger charge is -2.39. The minimum absolute atomic E-state index is 0.0952. The van der Waals surface area contributed by atoms with Crippen LogP contribution in [0.3, 0.4) is 0 Å². The van der Waals surface area contributed by atoms with Crippen LogP contribution in [0.1, 0.15) is 54.9 Å². The first-order valence-electron chi connectivity index (χ1n) is 8.84. The van der Waals surface area contributed by atoms with E-state index in [2.05, 4.69) is 67.3 Å². The van der Waals surface area contributed by atoms with Gasteiger partial charge in [0.2, 0.25) is 0 Å². The van der Waals surface area contributed by atoms with Gasteiger partial charge in [0.05, 0.1) is 0 Å². The first-order chi connectivity index (χ1) is 10.3. The van der Waals surface area contributed by atoms with Crippen molar-refractivity contribution in [3.8, 4) is 0 Å². The average molecular weight is 339 g/mol. The van der Waals surface area contributed by atoms with Crippen molar-refractivity contribution >= 4 is 14.1 Å². The molecule has 0 radical (unpaired) electrons. The molecule has 0 aromatic rings. The van der Waals surface area contributed by atoms with Crippen molar-refractivity contribution in [2.24, 2.45) is 17.8 Å². The molecule has 0 saturated carbocycles. The Bertz CT molecular complexity index is 416. The van der Waals surface area contributed by atoms with Crippen LogP contribution in [0, 0.1) is 17.8 Å². The van der Waals surface area contributed by atoms with Crippen molar-refractivity contribution in [2.45, 2.75) is 79.1 Å². The van der Waals surface area contributed by atoms with E-state index in [1.165, 1.54) is 0 Å². The zero-order chi connectivity index (χ0) is 18.4. The number of carbonyl (C=O) groups is 1. The van der Waals surface area contributed by atoms with Gasteiger partial charge in [-0.05, 0) is 36.4 Å². The molecule has 3 heteroatoms. The Balaban J connectivity index is 5.09. The van der Waals surface area contributed by atoms with Gasteiger partial charge in [-0.15, -0.1) is 6.58 Å². The highest BCUT2D eigenvalue weighted by molar-refractivity contribution is 6.74. The van der Waals surface area contributed by atoms with Gasteiger partial charge < -0.3 is 4.43 Å². The topological polar surface area (TPSA) is 26.3 Å². The third-order valence-corrected chi connectivity index (χ3v) is 9.63. The van der Waals surface area contributed by atoms with Gasteiger partial charge >= 0.3 is 0 Å². The molecule has 0 aromatic heterocycles. The number of ketones is 1. The van der Waals surface area contributed by atoms with Crippen molar-refractivity contribution in [2.75, 3.05) is 0 Å². The summed E-state index contributed by atoms with van der Waals surface area (Å²) in [5.74, 6) is 1.11. The maximum Gasteiger partial charge on any atom is 0.193 e. The smallest absolute Gasteiger partial charge is 0.193 e. The molecule has 2 nitrogen and oxygen atoms in total. The zero-order valence-corrected chi connectivity index (χ0v) is 17.8. The lowest BCUT2D eigenvalue weighted by atomic mass is 9.93. The van der Waals surface area contributed by atoms with Crippen LogP contribution in [0.25, 0.3) is 0 Å². The molecule has 134 valence electrons. The first kappa shape index (κ1) is 22.3. The van der Waals surface area contributed by atoms with Crippen molar-refractivity contribution in [1.82, 2.24) is 0 Å². The predicted octanol–water partition coefficient (Wildman–Crippen LogP) is 6.01. The van der Waals surface area contributed by atoms with E-state index in [0.717, 1.165) is 0 Å². The molecule has 0 amide bonds. The van der Waals surface area contributed by atoms with Gasteiger partial charge in [-0.1, -0.05) is 66.7 Å². The van der Waals surface area contributed by atoms with E-state index in [0.29, 0.717) is 18.3 Å². The summed E-state index contributed by atoms with van der Waals surface area (Å²) in [6.07, 6.45) is 6.21. The molecule has 0 aromatic carbocycles. The Morgan fingerprint density at radius 2 is 1.65 bits per heavy atom. The molecule has 3 atom stereocenters. The number of hydrogen-bond acceptors (Lipinski definition) is 2. The monoisotopic (exact) mass is 338 g/mol. The molecular weight excluding hydrogens is 300 g/mol. The second-order valence-corrected chi connectivity index (χ2v) is 13.3. The number of hydrogen-bond donors (Lipinski definition) is 0. The maximum atomic E-state index is 12.8. The molecule has 0 fully saturated rings. The molecular formula is C20H38O2Si. The zero-order valence-electron chi connectivity index (χ0n) is 16.8. The summed E-state index contributed by atoms with van der Waals surface area (Å²) in [7, 11) is -1.97. The molecule has 23 heavy (non-hydrogen) atoms. The second-order valence-electron chi connectivity index (χ2n) is 8.57. The highest BCUT2D eigenvalue weighted by atomic mass is 28.4. The fourth-order valence-corrected chi connectivity index (χ4v) is 3.14. The average Bonchev–Trinajstić information content (AvgIpc) is 2.41. The summed E-state index contributed by atoms with van der Waals surface area (Å²) in [6, 6.07) is 0. The molecule has 0 rings (SSSR count). The van der Waals surface area contributed by atoms with E-state index in [-0.39, 0.29) is 22.8 Å².